The van der Waals surface area contributed by atoms with Crippen molar-refractivity contribution in [3.05, 3.63) is 0 Å². The van der Waals surface area contributed by atoms with Crippen LogP contribution >= 0.6 is 0 Å². The number of hydrogen-bond acceptors (Lipinski definition) is 3. The van der Waals surface area contributed by atoms with Crippen LogP contribution in [0.3, 0.4) is 0 Å². The Hall–Kier alpha value is -0.130. The highest BCUT2D eigenvalue weighted by Crippen LogP contribution is 2.24. The van der Waals surface area contributed by atoms with E-state index in [1.165, 1.54) is 12.8 Å². The quantitative estimate of drug-likeness (QED) is 0.712. The molecule has 1 fully saturated rings. The van der Waals surface area contributed by atoms with Crippen LogP contribution in [-0.4, -0.2) is 26.3 Å². The van der Waals surface area contributed by atoms with E-state index in [0.29, 0.717) is 6.54 Å². The van der Waals surface area contributed by atoms with E-state index >= 15 is 0 Å². The van der Waals surface area contributed by atoms with Gasteiger partial charge in [-0.3, -0.25) is 0 Å². The van der Waals surface area contributed by atoms with Crippen LogP contribution in [-0.2, 0) is 10.0 Å². The Labute approximate surface area is 92.7 Å². The first-order chi connectivity index (χ1) is 6.97. The first kappa shape index (κ1) is 12.9. The molecule has 3 N–H and O–H groups in total. The molecule has 1 saturated carbocycles. The summed E-state index contributed by atoms with van der Waals surface area (Å²) in [5, 5.41) is 0. The van der Waals surface area contributed by atoms with Gasteiger partial charge in [-0.25, -0.2) is 13.1 Å². The van der Waals surface area contributed by atoms with Crippen LogP contribution in [0.2, 0.25) is 0 Å². The highest BCUT2D eigenvalue weighted by atomic mass is 32.2. The summed E-state index contributed by atoms with van der Waals surface area (Å²) in [6.07, 6.45) is 6.53. The molecule has 0 unspecified atom stereocenters. The molecule has 5 heteroatoms. The van der Waals surface area contributed by atoms with Gasteiger partial charge in [-0.05, 0) is 19.8 Å². The van der Waals surface area contributed by atoms with Crippen LogP contribution in [0.4, 0.5) is 0 Å². The number of nitrogens with one attached hydrogen (secondary N) is 1. The molecule has 0 heterocycles. The Morgan fingerprint density at radius 2 is 1.73 bits per heavy atom. The molecule has 0 radical (unpaired) electrons. The van der Waals surface area contributed by atoms with Crippen molar-refractivity contribution in [1.29, 1.82) is 0 Å². The molecule has 0 atom stereocenters. The van der Waals surface area contributed by atoms with Crippen LogP contribution in [0.5, 0.6) is 0 Å². The van der Waals surface area contributed by atoms with Gasteiger partial charge >= 0.3 is 0 Å². The fourth-order valence-corrected chi connectivity index (χ4v) is 2.68. The standard InChI is InChI=1S/C10H22N2O2S/c1-2-15(13,14)12-9-10(11)7-5-3-4-6-8-10/h12H,2-9,11H2,1H3. The SMILES string of the molecule is CCS(=O)(=O)NCC1(N)CCCCCC1. The van der Waals surface area contributed by atoms with Crippen molar-refractivity contribution in [2.24, 2.45) is 5.73 Å². The topological polar surface area (TPSA) is 72.2 Å². The summed E-state index contributed by atoms with van der Waals surface area (Å²) in [6.45, 7) is 2.03. The molecule has 0 aromatic carbocycles. The van der Waals surface area contributed by atoms with Gasteiger partial charge in [-0.2, -0.15) is 0 Å². The van der Waals surface area contributed by atoms with Crippen LogP contribution in [0, 0.1) is 0 Å². The average Bonchev–Trinajstić information content (AvgIpc) is 2.42. The van der Waals surface area contributed by atoms with Crippen LogP contribution < -0.4 is 10.5 Å². The Balaban J connectivity index is 2.48. The van der Waals surface area contributed by atoms with E-state index in [2.05, 4.69) is 4.72 Å². The van der Waals surface area contributed by atoms with E-state index in [1.54, 1.807) is 6.92 Å². The molecule has 0 spiro atoms. The van der Waals surface area contributed by atoms with Gasteiger partial charge in [-0.1, -0.05) is 25.7 Å². The molecule has 1 rings (SSSR count). The smallest absolute Gasteiger partial charge is 0.211 e. The summed E-state index contributed by atoms with van der Waals surface area (Å²) in [7, 11) is -3.10. The van der Waals surface area contributed by atoms with Gasteiger partial charge < -0.3 is 5.73 Å². The van der Waals surface area contributed by atoms with Crippen molar-refractivity contribution in [3.63, 3.8) is 0 Å². The van der Waals surface area contributed by atoms with Crippen LogP contribution in [0.15, 0.2) is 0 Å². The van der Waals surface area contributed by atoms with Gasteiger partial charge in [0.1, 0.15) is 0 Å². The van der Waals surface area contributed by atoms with Gasteiger partial charge in [0.15, 0.2) is 0 Å². The maximum atomic E-state index is 11.3. The molecule has 0 bridgehead atoms. The van der Waals surface area contributed by atoms with Crippen molar-refractivity contribution in [2.75, 3.05) is 12.3 Å². The Kier molecular flexibility index (Phi) is 4.55. The van der Waals surface area contributed by atoms with Gasteiger partial charge in [0.2, 0.25) is 10.0 Å². The van der Waals surface area contributed by atoms with Gasteiger partial charge in [-0.15, -0.1) is 0 Å². The molecule has 15 heavy (non-hydrogen) atoms. The predicted octanol–water partition coefficient (Wildman–Crippen LogP) is 0.977. The summed E-state index contributed by atoms with van der Waals surface area (Å²) in [6, 6.07) is 0. The molecule has 0 aliphatic heterocycles. The van der Waals surface area contributed by atoms with Gasteiger partial charge in [0.25, 0.3) is 0 Å². The highest BCUT2D eigenvalue weighted by Gasteiger charge is 2.27. The third-order valence-electron chi connectivity index (χ3n) is 3.12. The normalized spacial score (nSPS) is 22.3. The molecule has 4 nitrogen and oxygen atoms in total. The molecular formula is C10H22N2O2S. The average molecular weight is 234 g/mol. The van der Waals surface area contributed by atoms with E-state index in [1.807, 2.05) is 0 Å². The Morgan fingerprint density at radius 3 is 2.20 bits per heavy atom. The monoisotopic (exact) mass is 234 g/mol. The number of nitrogens with two attached hydrogens (primary N) is 1. The molecule has 0 aromatic rings. The van der Waals surface area contributed by atoms with Gasteiger partial charge in [0.05, 0.1) is 5.75 Å². The molecule has 1 aliphatic rings. The summed E-state index contributed by atoms with van der Waals surface area (Å²) in [4.78, 5) is 0. The molecular weight excluding hydrogens is 212 g/mol. The molecule has 90 valence electrons. The minimum atomic E-state index is -3.10. The third-order valence-corrected chi connectivity index (χ3v) is 4.47. The van der Waals surface area contributed by atoms with E-state index in [4.69, 9.17) is 5.73 Å². The van der Waals surface area contributed by atoms with Crippen molar-refractivity contribution in [3.8, 4) is 0 Å². The molecule has 0 amide bonds. The lowest BCUT2D eigenvalue weighted by atomic mass is 9.92. The lowest BCUT2D eigenvalue weighted by Gasteiger charge is -2.28. The predicted molar refractivity (Wildman–Crippen MR) is 62.1 cm³/mol. The Morgan fingerprint density at radius 1 is 1.20 bits per heavy atom. The van der Waals surface area contributed by atoms with Crippen molar-refractivity contribution >= 4 is 10.0 Å². The van der Waals surface area contributed by atoms with E-state index in [9.17, 15) is 8.42 Å². The number of hydrogen-bond donors (Lipinski definition) is 2. The van der Waals surface area contributed by atoms with Gasteiger partial charge in [0, 0.05) is 12.1 Å². The zero-order valence-electron chi connectivity index (χ0n) is 9.46. The summed E-state index contributed by atoms with van der Waals surface area (Å²) in [5.74, 6) is 0.128. The van der Waals surface area contributed by atoms with E-state index in [-0.39, 0.29) is 11.3 Å². The highest BCUT2D eigenvalue weighted by molar-refractivity contribution is 7.89. The van der Waals surface area contributed by atoms with Crippen molar-refractivity contribution < 1.29 is 8.42 Å². The first-order valence-electron chi connectivity index (χ1n) is 5.74. The minimum absolute atomic E-state index is 0.128. The Bertz CT molecular complexity index is 280. The summed E-state index contributed by atoms with van der Waals surface area (Å²) >= 11 is 0. The third kappa shape index (κ3) is 4.49. The molecule has 1 aliphatic carbocycles. The molecule has 0 aromatic heterocycles. The fourth-order valence-electron chi connectivity index (χ4n) is 1.97. The lowest BCUT2D eigenvalue weighted by molar-refractivity contribution is 0.369. The van der Waals surface area contributed by atoms with E-state index in [0.717, 1.165) is 25.7 Å². The second kappa shape index (κ2) is 5.27. The van der Waals surface area contributed by atoms with Crippen LogP contribution in [0.25, 0.3) is 0 Å². The number of rotatable bonds is 4. The van der Waals surface area contributed by atoms with Crippen molar-refractivity contribution in [1.82, 2.24) is 4.72 Å². The zero-order chi connectivity index (χ0) is 11.4. The first-order valence-corrected chi connectivity index (χ1v) is 7.39. The summed E-state index contributed by atoms with van der Waals surface area (Å²) < 4.78 is 25.2. The van der Waals surface area contributed by atoms with E-state index < -0.39 is 10.0 Å². The second-order valence-electron chi connectivity index (χ2n) is 4.50. The van der Waals surface area contributed by atoms with Crippen molar-refractivity contribution in [2.45, 2.75) is 51.0 Å². The maximum Gasteiger partial charge on any atom is 0.211 e. The maximum absolute atomic E-state index is 11.3. The lowest BCUT2D eigenvalue weighted by Crippen LogP contribution is -2.50. The van der Waals surface area contributed by atoms with Crippen LogP contribution in [0.1, 0.15) is 45.4 Å². The second-order valence-corrected chi connectivity index (χ2v) is 6.60. The molecule has 0 saturated heterocycles. The largest absolute Gasteiger partial charge is 0.324 e. The number of sulfonamides is 1. The fraction of sp³-hybridized carbons (Fsp3) is 1.00. The minimum Gasteiger partial charge on any atom is -0.324 e. The summed E-state index contributed by atoms with van der Waals surface area (Å²) in [5.41, 5.74) is 5.87. The zero-order valence-corrected chi connectivity index (χ0v) is 10.3.